The molecule has 0 aliphatic carbocycles. The van der Waals surface area contributed by atoms with Crippen molar-refractivity contribution in [1.29, 1.82) is 0 Å². The molecule has 2 rings (SSSR count). The maximum Gasteiger partial charge on any atom is 0.338 e. The van der Waals surface area contributed by atoms with Crippen LogP contribution in [0.3, 0.4) is 0 Å². The molecule has 1 heterocycles. The van der Waals surface area contributed by atoms with E-state index >= 15 is 0 Å². The molecule has 110 valence electrons. The minimum Gasteiger partial charge on any atom is -0.478 e. The zero-order valence-corrected chi connectivity index (χ0v) is 11.3. The lowest BCUT2D eigenvalue weighted by molar-refractivity contribution is 0.0698. The molecule has 2 amide bonds. The summed E-state index contributed by atoms with van der Waals surface area (Å²) in [6.45, 7) is -0.0171. The van der Waals surface area contributed by atoms with Crippen LogP contribution in [0.25, 0.3) is 0 Å². The van der Waals surface area contributed by atoms with Crippen molar-refractivity contribution in [2.45, 2.75) is 6.54 Å². The Labute approximate surface area is 122 Å². The van der Waals surface area contributed by atoms with Gasteiger partial charge in [0.15, 0.2) is 11.6 Å². The highest BCUT2D eigenvalue weighted by molar-refractivity contribution is 7.14. The normalized spacial score (nSPS) is 10.2. The van der Waals surface area contributed by atoms with Gasteiger partial charge in [0.25, 0.3) is 0 Å². The van der Waals surface area contributed by atoms with Crippen LogP contribution in [0, 0.1) is 11.6 Å². The van der Waals surface area contributed by atoms with E-state index in [0.717, 1.165) is 23.5 Å². The quantitative estimate of drug-likeness (QED) is 0.812. The summed E-state index contributed by atoms with van der Waals surface area (Å²) in [7, 11) is 0. The molecule has 5 nitrogen and oxygen atoms in total. The van der Waals surface area contributed by atoms with Crippen LogP contribution in [0.4, 0.5) is 18.6 Å². The lowest BCUT2D eigenvalue weighted by atomic mass is 10.2. The van der Waals surface area contributed by atoms with Gasteiger partial charge in [-0.2, -0.15) is 0 Å². The number of rotatable bonds is 4. The van der Waals surface area contributed by atoms with Gasteiger partial charge in [-0.15, -0.1) is 11.3 Å². The Morgan fingerprint density at radius 1 is 1.19 bits per heavy atom. The van der Waals surface area contributed by atoms with Gasteiger partial charge in [0.1, 0.15) is 5.00 Å². The predicted molar refractivity (Wildman–Crippen MR) is 73.5 cm³/mol. The van der Waals surface area contributed by atoms with Gasteiger partial charge in [-0.3, -0.25) is 5.32 Å². The molecule has 0 aliphatic heterocycles. The number of carbonyl (C=O) groups excluding carboxylic acids is 1. The zero-order chi connectivity index (χ0) is 15.4. The number of carbonyl (C=O) groups is 2. The number of hydrogen-bond donors (Lipinski definition) is 3. The number of halogens is 2. The van der Waals surface area contributed by atoms with Gasteiger partial charge < -0.3 is 10.4 Å². The second-order valence-electron chi connectivity index (χ2n) is 4.02. The topological polar surface area (TPSA) is 78.4 Å². The van der Waals surface area contributed by atoms with E-state index in [-0.39, 0.29) is 17.1 Å². The summed E-state index contributed by atoms with van der Waals surface area (Å²) in [6.07, 6.45) is 0. The average molecular weight is 312 g/mol. The smallest absolute Gasteiger partial charge is 0.338 e. The summed E-state index contributed by atoms with van der Waals surface area (Å²) in [4.78, 5) is 22.5. The lowest BCUT2D eigenvalue weighted by Crippen LogP contribution is -2.28. The van der Waals surface area contributed by atoms with E-state index in [2.05, 4.69) is 10.6 Å². The Morgan fingerprint density at radius 2 is 1.95 bits per heavy atom. The van der Waals surface area contributed by atoms with Crippen molar-refractivity contribution in [2.24, 2.45) is 0 Å². The van der Waals surface area contributed by atoms with E-state index in [9.17, 15) is 18.4 Å². The third-order valence-corrected chi connectivity index (χ3v) is 3.39. The first-order valence-corrected chi connectivity index (χ1v) is 6.65. The summed E-state index contributed by atoms with van der Waals surface area (Å²) in [5.74, 6) is -3.11. The molecule has 21 heavy (non-hydrogen) atoms. The Balaban J connectivity index is 1.94. The SMILES string of the molecule is O=C(NCc1ccc(F)c(F)c1)Nc1sccc1C(=O)O. The van der Waals surface area contributed by atoms with Crippen LogP contribution in [0.5, 0.6) is 0 Å². The van der Waals surface area contributed by atoms with Gasteiger partial charge in [0.05, 0.1) is 5.56 Å². The molecule has 8 heteroatoms. The molecule has 2 aromatic rings. The molecule has 0 aliphatic rings. The second-order valence-corrected chi connectivity index (χ2v) is 4.94. The van der Waals surface area contributed by atoms with E-state index in [1.54, 1.807) is 0 Å². The fraction of sp³-hybridized carbons (Fsp3) is 0.0769. The Morgan fingerprint density at radius 3 is 2.62 bits per heavy atom. The monoisotopic (exact) mass is 312 g/mol. The second kappa shape index (κ2) is 6.31. The molecule has 0 saturated heterocycles. The molecular weight excluding hydrogens is 302 g/mol. The number of anilines is 1. The molecule has 0 bridgehead atoms. The Hall–Kier alpha value is -2.48. The van der Waals surface area contributed by atoms with Crippen LogP contribution in [0.2, 0.25) is 0 Å². The minimum atomic E-state index is -1.15. The van der Waals surface area contributed by atoms with Gasteiger partial charge in [-0.05, 0) is 29.1 Å². The maximum atomic E-state index is 13.0. The molecule has 0 spiro atoms. The number of urea groups is 1. The third kappa shape index (κ3) is 3.76. The largest absolute Gasteiger partial charge is 0.478 e. The lowest BCUT2D eigenvalue weighted by Gasteiger charge is -2.07. The van der Waals surface area contributed by atoms with Crippen LogP contribution < -0.4 is 10.6 Å². The minimum absolute atomic E-state index is 0.0111. The van der Waals surface area contributed by atoms with Gasteiger partial charge in [-0.1, -0.05) is 6.07 Å². The van der Waals surface area contributed by atoms with Crippen LogP contribution in [0.15, 0.2) is 29.6 Å². The number of carboxylic acids is 1. The predicted octanol–water partition coefficient (Wildman–Crippen LogP) is 3.05. The highest BCUT2D eigenvalue weighted by Gasteiger charge is 2.13. The van der Waals surface area contributed by atoms with E-state index in [0.29, 0.717) is 5.56 Å². The molecule has 0 radical (unpaired) electrons. The Bertz CT molecular complexity index is 688. The summed E-state index contributed by atoms with van der Waals surface area (Å²) in [6, 6.07) is 4.02. The van der Waals surface area contributed by atoms with E-state index in [4.69, 9.17) is 5.11 Å². The van der Waals surface area contributed by atoms with Crippen molar-refractivity contribution in [2.75, 3.05) is 5.32 Å². The molecule has 0 fully saturated rings. The molecule has 3 N–H and O–H groups in total. The number of aromatic carboxylic acids is 1. The molecule has 0 saturated carbocycles. The average Bonchev–Trinajstić information content (AvgIpc) is 2.88. The van der Waals surface area contributed by atoms with Gasteiger partial charge in [-0.25, -0.2) is 18.4 Å². The fourth-order valence-electron chi connectivity index (χ4n) is 1.55. The number of hydrogen-bond acceptors (Lipinski definition) is 3. The summed E-state index contributed by atoms with van der Waals surface area (Å²) in [5, 5.41) is 15.4. The van der Waals surface area contributed by atoms with Crippen molar-refractivity contribution in [3.05, 3.63) is 52.4 Å². The first-order valence-electron chi connectivity index (χ1n) is 5.77. The van der Waals surface area contributed by atoms with Crippen LogP contribution in [0.1, 0.15) is 15.9 Å². The summed E-state index contributed by atoms with van der Waals surface area (Å²) >= 11 is 1.07. The van der Waals surface area contributed by atoms with Crippen molar-refractivity contribution in [3.63, 3.8) is 0 Å². The first-order chi connectivity index (χ1) is 9.97. The van der Waals surface area contributed by atoms with Gasteiger partial charge in [0.2, 0.25) is 0 Å². The van der Waals surface area contributed by atoms with Crippen LogP contribution >= 0.6 is 11.3 Å². The number of carboxylic acid groups (broad SMARTS) is 1. The van der Waals surface area contributed by atoms with Crippen LogP contribution in [-0.2, 0) is 6.54 Å². The third-order valence-electron chi connectivity index (χ3n) is 2.56. The van der Waals surface area contributed by atoms with Gasteiger partial charge in [0, 0.05) is 6.54 Å². The molecule has 1 aromatic carbocycles. The summed E-state index contributed by atoms with van der Waals surface area (Å²) in [5.41, 5.74) is 0.372. The zero-order valence-electron chi connectivity index (χ0n) is 10.5. The van der Waals surface area contributed by atoms with E-state index in [1.807, 2.05) is 0 Å². The molecule has 0 unspecified atom stereocenters. The van der Waals surface area contributed by atoms with E-state index in [1.165, 1.54) is 17.5 Å². The van der Waals surface area contributed by atoms with Crippen molar-refractivity contribution >= 4 is 28.3 Å². The first kappa shape index (κ1) is 14.9. The number of thiophene rings is 1. The molecule has 0 atom stereocenters. The number of benzene rings is 1. The van der Waals surface area contributed by atoms with Crippen molar-refractivity contribution in [1.82, 2.24) is 5.32 Å². The number of amides is 2. The maximum absolute atomic E-state index is 13.0. The molecule has 1 aromatic heterocycles. The molecular formula is C13H10F2N2O3S. The van der Waals surface area contributed by atoms with Crippen molar-refractivity contribution < 1.29 is 23.5 Å². The standard InChI is InChI=1S/C13H10F2N2O3S/c14-9-2-1-7(5-10(9)15)6-16-13(20)17-11-8(12(18)19)3-4-21-11/h1-5H,6H2,(H,18,19)(H2,16,17,20). The summed E-state index contributed by atoms with van der Waals surface area (Å²) < 4.78 is 25.7. The fourth-order valence-corrected chi connectivity index (χ4v) is 2.33. The van der Waals surface area contributed by atoms with E-state index < -0.39 is 23.6 Å². The Kier molecular flexibility index (Phi) is 4.49. The van der Waals surface area contributed by atoms with Gasteiger partial charge >= 0.3 is 12.0 Å². The highest BCUT2D eigenvalue weighted by Crippen LogP contribution is 2.22. The number of nitrogens with one attached hydrogen (secondary N) is 2. The van der Waals surface area contributed by atoms with Crippen molar-refractivity contribution in [3.8, 4) is 0 Å². The highest BCUT2D eigenvalue weighted by atomic mass is 32.1. The van der Waals surface area contributed by atoms with Crippen LogP contribution in [-0.4, -0.2) is 17.1 Å².